The van der Waals surface area contributed by atoms with Crippen LogP contribution in [0.25, 0.3) is 5.69 Å². The molecule has 1 aromatic heterocycles. The number of aromatic nitrogens is 2. The zero-order valence-corrected chi connectivity index (χ0v) is 17.5. The number of hydrogen-bond donors (Lipinski definition) is 1. The van der Waals surface area contributed by atoms with E-state index in [1.54, 1.807) is 19.1 Å². The molecule has 166 valence electrons. The third kappa shape index (κ3) is 4.59. The van der Waals surface area contributed by atoms with Crippen LogP contribution < -0.4 is 20.3 Å². The molecule has 32 heavy (non-hydrogen) atoms. The molecule has 3 aromatic rings. The minimum Gasteiger partial charge on any atom is -0.493 e. The van der Waals surface area contributed by atoms with Crippen LogP contribution in [0.4, 0.5) is 10.1 Å². The summed E-state index contributed by atoms with van der Waals surface area (Å²) in [4.78, 5) is 38.1. The molecule has 0 fully saturated rings. The normalized spacial score (nSPS) is 10.4. The maximum atomic E-state index is 13.2. The van der Waals surface area contributed by atoms with E-state index >= 15 is 0 Å². The molecule has 1 heterocycles. The molecule has 0 bridgehead atoms. The molecule has 0 saturated carbocycles. The molecule has 0 unspecified atom stereocenters. The van der Waals surface area contributed by atoms with E-state index in [2.05, 4.69) is 10.4 Å². The lowest BCUT2D eigenvalue weighted by atomic mass is 10.1. The Balaban J connectivity index is 2.07. The lowest BCUT2D eigenvalue weighted by molar-refractivity contribution is 0.0518. The average Bonchev–Trinajstić information content (AvgIpc) is 2.79. The second kappa shape index (κ2) is 9.73. The Morgan fingerprint density at radius 1 is 1.09 bits per heavy atom. The zero-order chi connectivity index (χ0) is 23.3. The fourth-order valence-electron chi connectivity index (χ4n) is 2.92. The van der Waals surface area contributed by atoms with E-state index in [4.69, 9.17) is 14.2 Å². The van der Waals surface area contributed by atoms with Crippen LogP contribution in [0.5, 0.6) is 11.5 Å². The maximum absolute atomic E-state index is 13.2. The molecule has 0 saturated heterocycles. The highest BCUT2D eigenvalue weighted by Gasteiger charge is 2.23. The molecule has 1 amide bonds. The topological polar surface area (TPSA) is 109 Å². The number of carbonyl (C=O) groups is 2. The summed E-state index contributed by atoms with van der Waals surface area (Å²) >= 11 is 0. The Morgan fingerprint density at radius 3 is 2.44 bits per heavy atom. The average molecular weight is 441 g/mol. The minimum absolute atomic E-state index is 0.0489. The molecule has 2 aromatic carbocycles. The second-order valence-electron chi connectivity index (χ2n) is 6.35. The van der Waals surface area contributed by atoms with E-state index in [1.807, 2.05) is 0 Å². The Kier molecular flexibility index (Phi) is 6.83. The number of nitrogens with zero attached hydrogens (tertiary/aromatic N) is 2. The first-order valence-corrected chi connectivity index (χ1v) is 9.49. The highest BCUT2D eigenvalue weighted by atomic mass is 19.1. The van der Waals surface area contributed by atoms with Crippen molar-refractivity contribution in [1.29, 1.82) is 0 Å². The largest absolute Gasteiger partial charge is 0.493 e. The van der Waals surface area contributed by atoms with Crippen molar-refractivity contribution in [2.75, 3.05) is 26.1 Å². The molecular formula is C22H20FN3O6. The molecule has 0 radical (unpaired) electrons. The SMILES string of the molecule is CCOC(=O)c1nn(-c2ccc(F)cc2)c(=O)cc1NC(=O)c1cccc(OC)c1OC. The Hall–Kier alpha value is -4.21. The van der Waals surface area contributed by atoms with Gasteiger partial charge in [-0.25, -0.2) is 9.18 Å². The van der Waals surface area contributed by atoms with Crippen LogP contribution in [0.15, 0.2) is 53.3 Å². The second-order valence-corrected chi connectivity index (χ2v) is 6.35. The van der Waals surface area contributed by atoms with E-state index in [-0.39, 0.29) is 35.0 Å². The number of benzene rings is 2. The number of anilines is 1. The number of para-hydroxylation sites is 1. The summed E-state index contributed by atoms with van der Waals surface area (Å²) in [6, 6.07) is 10.7. The molecule has 0 spiro atoms. The first-order chi connectivity index (χ1) is 15.4. The van der Waals surface area contributed by atoms with Crippen molar-refractivity contribution in [1.82, 2.24) is 9.78 Å². The van der Waals surface area contributed by atoms with Crippen molar-refractivity contribution in [3.8, 4) is 17.2 Å². The van der Waals surface area contributed by atoms with E-state index in [0.717, 1.165) is 22.9 Å². The Labute approximate surface area is 182 Å². The van der Waals surface area contributed by atoms with Crippen molar-refractivity contribution in [2.24, 2.45) is 0 Å². The van der Waals surface area contributed by atoms with Gasteiger partial charge in [0, 0.05) is 6.07 Å². The van der Waals surface area contributed by atoms with Crippen LogP contribution in [-0.2, 0) is 4.74 Å². The van der Waals surface area contributed by atoms with Gasteiger partial charge in [0.05, 0.1) is 37.8 Å². The minimum atomic E-state index is -0.851. The van der Waals surface area contributed by atoms with Crippen molar-refractivity contribution in [3.63, 3.8) is 0 Å². The Morgan fingerprint density at radius 2 is 1.81 bits per heavy atom. The highest BCUT2D eigenvalue weighted by molar-refractivity contribution is 6.09. The smallest absolute Gasteiger partial charge is 0.360 e. The zero-order valence-electron chi connectivity index (χ0n) is 17.5. The van der Waals surface area contributed by atoms with Crippen molar-refractivity contribution in [3.05, 3.63) is 76.0 Å². The fraction of sp³-hybridized carbons (Fsp3) is 0.182. The number of methoxy groups -OCH3 is 2. The van der Waals surface area contributed by atoms with Crippen molar-refractivity contribution < 1.29 is 28.2 Å². The van der Waals surface area contributed by atoms with Gasteiger partial charge in [0.15, 0.2) is 17.2 Å². The van der Waals surface area contributed by atoms with Crippen LogP contribution in [-0.4, -0.2) is 42.5 Å². The predicted octanol–water partition coefficient (Wildman–Crippen LogP) is 2.82. The summed E-state index contributed by atoms with van der Waals surface area (Å²) in [7, 11) is 2.81. The van der Waals surface area contributed by atoms with Crippen molar-refractivity contribution >= 4 is 17.6 Å². The van der Waals surface area contributed by atoms with E-state index in [9.17, 15) is 18.8 Å². The summed E-state index contributed by atoms with van der Waals surface area (Å²) in [5.74, 6) is -1.50. The summed E-state index contributed by atoms with van der Waals surface area (Å²) in [5.41, 5.74) is -0.760. The molecule has 3 rings (SSSR count). The first-order valence-electron chi connectivity index (χ1n) is 9.49. The third-order valence-electron chi connectivity index (χ3n) is 4.37. The van der Waals surface area contributed by atoms with E-state index in [1.165, 1.54) is 32.4 Å². The van der Waals surface area contributed by atoms with Gasteiger partial charge in [0.25, 0.3) is 11.5 Å². The number of amides is 1. The van der Waals surface area contributed by atoms with Crippen LogP contribution >= 0.6 is 0 Å². The number of esters is 1. The number of carbonyl (C=O) groups excluding carboxylic acids is 2. The number of nitrogens with one attached hydrogen (secondary N) is 1. The van der Waals surface area contributed by atoms with E-state index < -0.39 is 23.3 Å². The van der Waals surface area contributed by atoms with Gasteiger partial charge in [0.2, 0.25) is 0 Å². The van der Waals surface area contributed by atoms with Gasteiger partial charge in [-0.15, -0.1) is 0 Å². The summed E-state index contributed by atoms with van der Waals surface area (Å²) in [6.07, 6.45) is 0. The van der Waals surface area contributed by atoms with Gasteiger partial charge in [-0.3, -0.25) is 9.59 Å². The van der Waals surface area contributed by atoms with Gasteiger partial charge in [-0.05, 0) is 43.3 Å². The van der Waals surface area contributed by atoms with Crippen LogP contribution in [0.2, 0.25) is 0 Å². The van der Waals surface area contributed by atoms with Gasteiger partial charge < -0.3 is 19.5 Å². The maximum Gasteiger partial charge on any atom is 0.360 e. The summed E-state index contributed by atoms with van der Waals surface area (Å²) in [6.45, 7) is 1.65. The third-order valence-corrected chi connectivity index (χ3v) is 4.37. The predicted molar refractivity (Wildman–Crippen MR) is 113 cm³/mol. The molecule has 10 heteroatoms. The van der Waals surface area contributed by atoms with Gasteiger partial charge in [-0.1, -0.05) is 6.07 Å². The number of halogens is 1. The number of rotatable bonds is 7. The molecule has 0 atom stereocenters. The number of hydrogen-bond acceptors (Lipinski definition) is 7. The van der Waals surface area contributed by atoms with Crippen molar-refractivity contribution in [2.45, 2.75) is 6.92 Å². The van der Waals surface area contributed by atoms with Crippen LogP contribution in [0, 0.1) is 5.82 Å². The first kappa shape index (κ1) is 22.5. The van der Waals surface area contributed by atoms with Gasteiger partial charge in [0.1, 0.15) is 5.82 Å². The van der Waals surface area contributed by atoms with Crippen LogP contribution in [0.1, 0.15) is 27.8 Å². The molecule has 0 aliphatic carbocycles. The molecular weight excluding hydrogens is 421 g/mol. The molecule has 9 nitrogen and oxygen atoms in total. The molecule has 0 aliphatic rings. The summed E-state index contributed by atoms with van der Waals surface area (Å²) < 4.78 is 29.6. The quantitative estimate of drug-likeness (QED) is 0.562. The standard InChI is InChI=1S/C22H20FN3O6/c1-4-32-22(29)19-16(12-18(27)26(25-19)14-10-8-13(23)9-11-14)24-21(28)15-6-5-7-17(30-2)20(15)31-3/h5-12H,4H2,1-3H3,(H,24,28). The lowest BCUT2D eigenvalue weighted by Crippen LogP contribution is -2.27. The fourth-order valence-corrected chi connectivity index (χ4v) is 2.92. The van der Waals surface area contributed by atoms with E-state index in [0.29, 0.717) is 5.75 Å². The summed E-state index contributed by atoms with van der Waals surface area (Å²) in [5, 5.41) is 6.56. The molecule has 1 N–H and O–H groups in total. The Bertz CT molecular complexity index is 1210. The molecule has 0 aliphatic heterocycles. The highest BCUT2D eigenvalue weighted by Crippen LogP contribution is 2.31. The number of ether oxygens (including phenoxy) is 3. The van der Waals surface area contributed by atoms with Gasteiger partial charge >= 0.3 is 5.97 Å². The van der Waals surface area contributed by atoms with Gasteiger partial charge in [-0.2, -0.15) is 9.78 Å². The monoisotopic (exact) mass is 441 g/mol. The lowest BCUT2D eigenvalue weighted by Gasteiger charge is -2.14. The van der Waals surface area contributed by atoms with Crippen LogP contribution in [0.3, 0.4) is 0 Å².